The van der Waals surface area contributed by atoms with Crippen LogP contribution in [0.1, 0.15) is 5.56 Å². The lowest BCUT2D eigenvalue weighted by Gasteiger charge is -2.08. The highest BCUT2D eigenvalue weighted by molar-refractivity contribution is 5.73. The number of carbonyl (C=O) groups excluding carboxylic acids is 1. The molecule has 0 aliphatic carbocycles. The first-order valence-corrected chi connectivity index (χ1v) is 4.87. The summed E-state index contributed by atoms with van der Waals surface area (Å²) >= 11 is 0. The molecule has 0 unspecified atom stereocenters. The smallest absolute Gasteiger partial charge is 0.469 e. The van der Waals surface area contributed by atoms with Crippen LogP contribution in [0.5, 0.6) is 5.88 Å². The largest absolute Gasteiger partial charge is 0.575 e. The molecule has 1 aromatic heterocycles. The van der Waals surface area contributed by atoms with Crippen molar-refractivity contribution >= 4 is 11.8 Å². The summed E-state index contributed by atoms with van der Waals surface area (Å²) in [6.07, 6.45) is -5.88. The van der Waals surface area contributed by atoms with E-state index >= 15 is 0 Å². The third-order valence-electron chi connectivity index (χ3n) is 2.04. The van der Waals surface area contributed by atoms with Crippen LogP contribution in [-0.4, -0.2) is 29.3 Å². The summed E-state index contributed by atoms with van der Waals surface area (Å²) in [5.74, 6) is -3.17. The third-order valence-corrected chi connectivity index (χ3v) is 2.04. The molecule has 0 bridgehead atoms. The molecule has 20 heavy (non-hydrogen) atoms. The molecule has 1 aromatic rings. The van der Waals surface area contributed by atoms with Gasteiger partial charge in [-0.3, -0.25) is 9.59 Å². The van der Waals surface area contributed by atoms with Gasteiger partial charge in [0.15, 0.2) is 5.43 Å². The van der Waals surface area contributed by atoms with Crippen LogP contribution in [0, 0.1) is 10.1 Å². The van der Waals surface area contributed by atoms with Gasteiger partial charge in [-0.15, -0.1) is 13.2 Å². The predicted octanol–water partition coefficient (Wildman–Crippen LogP) is 0.897. The number of pyridine rings is 1. The number of ether oxygens (including phenoxy) is 2. The monoisotopic (exact) mass is 296 g/mol. The Morgan fingerprint density at radius 1 is 1.50 bits per heavy atom. The Morgan fingerprint density at radius 3 is 2.55 bits per heavy atom. The molecule has 1 rings (SSSR count). The van der Waals surface area contributed by atoms with Crippen molar-refractivity contribution in [1.29, 1.82) is 0 Å². The Morgan fingerprint density at radius 2 is 2.10 bits per heavy atom. The Bertz CT molecular complexity index is 594. The number of nitro groups is 1. The standard InChI is InChI=1S/C9H7F3N2O6/c1-19-7(16)2-4-5(15)3-6(20-9(10,11)12)13-8(4)14(17)18/h3H,2H2,1H3,(H,13,15). The van der Waals surface area contributed by atoms with Gasteiger partial charge in [0, 0.05) is 0 Å². The zero-order valence-electron chi connectivity index (χ0n) is 9.82. The van der Waals surface area contributed by atoms with Crippen molar-refractivity contribution in [3.05, 3.63) is 32.0 Å². The summed E-state index contributed by atoms with van der Waals surface area (Å²) in [4.78, 5) is 33.8. The van der Waals surface area contributed by atoms with E-state index < -0.39 is 46.4 Å². The van der Waals surface area contributed by atoms with E-state index in [1.165, 1.54) is 0 Å². The number of H-pyrrole nitrogens is 1. The van der Waals surface area contributed by atoms with Crippen molar-refractivity contribution in [1.82, 2.24) is 4.98 Å². The van der Waals surface area contributed by atoms with E-state index in [2.05, 4.69) is 9.47 Å². The number of esters is 1. The number of alkyl halides is 3. The topological polar surface area (TPSA) is 112 Å². The highest BCUT2D eigenvalue weighted by atomic mass is 19.4. The average molecular weight is 296 g/mol. The minimum atomic E-state index is -5.12. The SMILES string of the molecule is COC(=O)Cc1c([N+](=O)[O-])[nH]c(OC(F)(F)F)cc1=O. The lowest BCUT2D eigenvalue weighted by Crippen LogP contribution is -2.22. The second-order valence-electron chi connectivity index (χ2n) is 3.38. The molecule has 0 aromatic carbocycles. The van der Waals surface area contributed by atoms with Gasteiger partial charge in [-0.25, -0.2) is 4.98 Å². The molecule has 0 atom stereocenters. The van der Waals surface area contributed by atoms with Crippen LogP contribution >= 0.6 is 0 Å². The van der Waals surface area contributed by atoms with Crippen molar-refractivity contribution in [2.24, 2.45) is 0 Å². The molecule has 1 N–H and O–H groups in total. The first kappa shape index (κ1) is 15.5. The molecule has 8 nitrogen and oxygen atoms in total. The van der Waals surface area contributed by atoms with Crippen molar-refractivity contribution in [3.63, 3.8) is 0 Å². The number of aromatic nitrogens is 1. The van der Waals surface area contributed by atoms with Crippen molar-refractivity contribution in [2.75, 3.05) is 7.11 Å². The van der Waals surface area contributed by atoms with Gasteiger partial charge in [0.2, 0.25) is 0 Å². The highest BCUT2D eigenvalue weighted by Gasteiger charge is 2.34. The van der Waals surface area contributed by atoms with E-state index in [0.29, 0.717) is 6.07 Å². The zero-order chi connectivity index (χ0) is 15.5. The maximum atomic E-state index is 12.0. The minimum Gasteiger partial charge on any atom is -0.469 e. The third kappa shape index (κ3) is 3.96. The molecular formula is C9H7F3N2O6. The van der Waals surface area contributed by atoms with Crippen LogP contribution in [0.2, 0.25) is 0 Å². The first-order chi connectivity index (χ1) is 9.14. The lowest BCUT2D eigenvalue weighted by molar-refractivity contribution is -0.390. The molecule has 0 amide bonds. The van der Waals surface area contributed by atoms with Gasteiger partial charge in [-0.2, -0.15) is 0 Å². The maximum Gasteiger partial charge on any atom is 0.575 e. The van der Waals surface area contributed by atoms with Crippen molar-refractivity contribution in [2.45, 2.75) is 12.8 Å². The molecule has 110 valence electrons. The van der Waals surface area contributed by atoms with E-state index in [4.69, 9.17) is 0 Å². The Kier molecular flexibility index (Phi) is 4.32. The molecule has 0 fully saturated rings. The Labute approximate surface area is 108 Å². The molecular weight excluding hydrogens is 289 g/mol. The van der Waals surface area contributed by atoms with Crippen LogP contribution in [0.15, 0.2) is 10.9 Å². The number of hydrogen-bond acceptors (Lipinski definition) is 6. The Hall–Kier alpha value is -2.59. The quantitative estimate of drug-likeness (QED) is 0.502. The van der Waals surface area contributed by atoms with Gasteiger partial charge in [0.25, 0.3) is 5.88 Å². The summed E-state index contributed by atoms with van der Waals surface area (Å²) in [6.45, 7) is 0. The van der Waals surface area contributed by atoms with Crippen molar-refractivity contribution < 1.29 is 32.4 Å². The number of aromatic amines is 1. The number of halogens is 3. The number of methoxy groups -OCH3 is 1. The van der Waals surface area contributed by atoms with Crippen LogP contribution in [-0.2, 0) is 16.0 Å². The molecule has 0 saturated heterocycles. The normalized spacial score (nSPS) is 11.0. The van der Waals surface area contributed by atoms with Gasteiger partial charge in [0.1, 0.15) is 5.56 Å². The molecule has 0 aliphatic rings. The summed E-state index contributed by atoms with van der Waals surface area (Å²) in [6, 6.07) is 0.360. The highest BCUT2D eigenvalue weighted by Crippen LogP contribution is 2.23. The van der Waals surface area contributed by atoms with Crippen LogP contribution in [0.3, 0.4) is 0 Å². The van der Waals surface area contributed by atoms with Crippen LogP contribution < -0.4 is 10.2 Å². The molecule has 0 aliphatic heterocycles. The summed E-state index contributed by atoms with van der Waals surface area (Å²) in [7, 11) is 0.990. The molecule has 11 heteroatoms. The van der Waals surface area contributed by atoms with Gasteiger partial charge in [-0.1, -0.05) is 0 Å². The zero-order valence-corrected chi connectivity index (χ0v) is 9.82. The fourth-order valence-electron chi connectivity index (χ4n) is 1.27. The molecule has 0 spiro atoms. The van der Waals surface area contributed by atoms with E-state index in [9.17, 15) is 32.9 Å². The van der Waals surface area contributed by atoms with Gasteiger partial charge in [-0.05, 0) is 4.92 Å². The van der Waals surface area contributed by atoms with E-state index in [1.54, 1.807) is 4.98 Å². The molecule has 1 heterocycles. The number of rotatable bonds is 4. The minimum absolute atomic E-state index is 0.360. The summed E-state index contributed by atoms with van der Waals surface area (Å²) < 4.78 is 43.6. The first-order valence-electron chi connectivity index (χ1n) is 4.87. The molecule has 0 saturated carbocycles. The van der Waals surface area contributed by atoms with E-state index in [0.717, 1.165) is 7.11 Å². The van der Waals surface area contributed by atoms with E-state index in [-0.39, 0.29) is 0 Å². The van der Waals surface area contributed by atoms with Crippen LogP contribution in [0.4, 0.5) is 19.0 Å². The average Bonchev–Trinajstić information content (AvgIpc) is 2.29. The second kappa shape index (κ2) is 5.59. The second-order valence-corrected chi connectivity index (χ2v) is 3.38. The number of nitrogens with zero attached hydrogens (tertiary/aromatic N) is 1. The maximum absolute atomic E-state index is 12.0. The number of hydrogen-bond donors (Lipinski definition) is 1. The lowest BCUT2D eigenvalue weighted by atomic mass is 10.2. The fourth-order valence-corrected chi connectivity index (χ4v) is 1.27. The van der Waals surface area contributed by atoms with E-state index in [1.807, 2.05) is 0 Å². The Balaban J connectivity index is 3.30. The summed E-state index contributed by atoms with van der Waals surface area (Å²) in [5, 5.41) is 10.7. The van der Waals surface area contributed by atoms with Gasteiger partial charge in [0.05, 0.1) is 19.6 Å². The fraction of sp³-hybridized carbons (Fsp3) is 0.333. The van der Waals surface area contributed by atoms with Crippen molar-refractivity contribution in [3.8, 4) is 5.88 Å². The predicted molar refractivity (Wildman–Crippen MR) is 56.1 cm³/mol. The summed E-state index contributed by atoms with van der Waals surface area (Å²) in [5.41, 5.74) is -1.78. The number of carbonyl (C=O) groups is 1. The van der Waals surface area contributed by atoms with Gasteiger partial charge < -0.3 is 19.6 Å². The number of nitrogens with one attached hydrogen (secondary N) is 1. The van der Waals surface area contributed by atoms with Crippen LogP contribution in [0.25, 0.3) is 0 Å². The molecule has 0 radical (unpaired) electrons. The van der Waals surface area contributed by atoms with Gasteiger partial charge >= 0.3 is 18.1 Å².